The summed E-state index contributed by atoms with van der Waals surface area (Å²) in [5.74, 6) is 0.696. The van der Waals surface area contributed by atoms with E-state index in [2.05, 4.69) is 25.3 Å². The predicted molar refractivity (Wildman–Crippen MR) is 94.3 cm³/mol. The number of carbonyl (C=O) groups excluding carboxylic acids is 2. The smallest absolute Gasteiger partial charge is 0.307 e. The number of carbonyl (C=O) groups is 2. The highest BCUT2D eigenvalue weighted by Gasteiger charge is 2.42. The molecule has 8 heteroatoms. The van der Waals surface area contributed by atoms with Crippen molar-refractivity contribution in [2.75, 3.05) is 40.3 Å². The second kappa shape index (κ2) is 8.54. The number of ether oxygens (including phenoxy) is 1. The number of esters is 1. The Morgan fingerprint density at radius 1 is 1.55 bits per heavy atom. The first kappa shape index (κ1) is 19.0. The SMILES string of the molecule is CN=C(NCCC(=O)OC)N1CCCC2(CNC(=O)C2)C1.I. The maximum atomic E-state index is 11.5. The number of likely N-dealkylation sites (tertiary alicyclic amines) is 1. The van der Waals surface area contributed by atoms with E-state index in [-0.39, 0.29) is 41.3 Å². The molecular formula is C14H25IN4O3. The van der Waals surface area contributed by atoms with E-state index in [0.717, 1.165) is 38.4 Å². The van der Waals surface area contributed by atoms with Crippen LogP contribution in [0.5, 0.6) is 0 Å². The summed E-state index contributed by atoms with van der Waals surface area (Å²) in [5, 5.41) is 6.13. The first-order chi connectivity index (χ1) is 10.1. The molecule has 0 aromatic heterocycles. The molecule has 0 radical (unpaired) electrons. The van der Waals surface area contributed by atoms with Crippen LogP contribution in [0, 0.1) is 5.41 Å². The molecular weight excluding hydrogens is 399 g/mol. The Morgan fingerprint density at radius 2 is 2.32 bits per heavy atom. The lowest BCUT2D eigenvalue weighted by molar-refractivity contribution is -0.140. The molecule has 2 N–H and O–H groups in total. The molecule has 2 aliphatic rings. The Morgan fingerprint density at radius 3 is 2.91 bits per heavy atom. The van der Waals surface area contributed by atoms with Crippen molar-refractivity contribution >= 4 is 41.8 Å². The fourth-order valence-corrected chi connectivity index (χ4v) is 3.14. The zero-order valence-electron chi connectivity index (χ0n) is 13.2. The van der Waals surface area contributed by atoms with Gasteiger partial charge >= 0.3 is 5.97 Å². The third-order valence-corrected chi connectivity index (χ3v) is 4.21. The quantitative estimate of drug-likeness (QED) is 0.296. The molecule has 1 unspecified atom stereocenters. The van der Waals surface area contributed by atoms with Crippen molar-refractivity contribution in [1.29, 1.82) is 0 Å². The highest BCUT2D eigenvalue weighted by Crippen LogP contribution is 2.35. The van der Waals surface area contributed by atoms with Crippen molar-refractivity contribution in [1.82, 2.24) is 15.5 Å². The summed E-state index contributed by atoms with van der Waals surface area (Å²) in [6, 6.07) is 0. The number of guanidine groups is 1. The van der Waals surface area contributed by atoms with E-state index >= 15 is 0 Å². The molecule has 2 fully saturated rings. The van der Waals surface area contributed by atoms with Crippen molar-refractivity contribution in [3.8, 4) is 0 Å². The van der Waals surface area contributed by atoms with Crippen LogP contribution in [-0.2, 0) is 14.3 Å². The summed E-state index contributed by atoms with van der Waals surface area (Å²) >= 11 is 0. The minimum Gasteiger partial charge on any atom is -0.469 e. The summed E-state index contributed by atoms with van der Waals surface area (Å²) in [6.07, 6.45) is 3.03. The predicted octanol–water partition coefficient (Wildman–Crippen LogP) is 0.345. The molecule has 1 amide bonds. The van der Waals surface area contributed by atoms with Crippen LogP contribution in [-0.4, -0.2) is 63.1 Å². The third kappa shape index (κ3) is 4.72. The molecule has 126 valence electrons. The fraction of sp³-hybridized carbons (Fsp3) is 0.786. The normalized spacial score (nSPS) is 24.7. The number of nitrogens with zero attached hydrogens (tertiary/aromatic N) is 2. The van der Waals surface area contributed by atoms with Crippen molar-refractivity contribution in [3.05, 3.63) is 0 Å². The van der Waals surface area contributed by atoms with E-state index in [1.54, 1.807) is 7.05 Å². The number of amides is 1. The maximum Gasteiger partial charge on any atom is 0.307 e. The molecule has 22 heavy (non-hydrogen) atoms. The molecule has 0 aliphatic carbocycles. The molecule has 0 bridgehead atoms. The van der Waals surface area contributed by atoms with E-state index in [4.69, 9.17) is 0 Å². The van der Waals surface area contributed by atoms with Gasteiger partial charge in [-0.05, 0) is 12.8 Å². The van der Waals surface area contributed by atoms with Gasteiger partial charge < -0.3 is 20.3 Å². The van der Waals surface area contributed by atoms with Crippen LogP contribution in [0.4, 0.5) is 0 Å². The number of aliphatic imine (C=N–C) groups is 1. The molecule has 1 atom stereocenters. The Bertz CT molecular complexity index is 444. The van der Waals surface area contributed by atoms with E-state index in [1.165, 1.54) is 7.11 Å². The molecule has 0 aromatic carbocycles. The molecule has 1 spiro atoms. The average molecular weight is 424 g/mol. The van der Waals surface area contributed by atoms with Gasteiger partial charge in [-0.25, -0.2) is 0 Å². The zero-order chi connectivity index (χ0) is 15.3. The van der Waals surface area contributed by atoms with Gasteiger partial charge in [-0.3, -0.25) is 14.6 Å². The van der Waals surface area contributed by atoms with Crippen LogP contribution in [0.25, 0.3) is 0 Å². The Hall–Kier alpha value is -1.06. The number of methoxy groups -OCH3 is 1. The largest absolute Gasteiger partial charge is 0.469 e. The van der Waals surface area contributed by atoms with Crippen LogP contribution >= 0.6 is 24.0 Å². The van der Waals surface area contributed by atoms with Gasteiger partial charge in [0.05, 0.1) is 13.5 Å². The van der Waals surface area contributed by atoms with Gasteiger partial charge in [0, 0.05) is 45.1 Å². The van der Waals surface area contributed by atoms with E-state index in [1.807, 2.05) is 0 Å². The summed E-state index contributed by atoms with van der Waals surface area (Å²) in [4.78, 5) is 29.1. The Balaban J connectivity index is 0.00000242. The van der Waals surface area contributed by atoms with E-state index in [9.17, 15) is 9.59 Å². The van der Waals surface area contributed by atoms with Crippen LogP contribution in [0.2, 0.25) is 0 Å². The lowest BCUT2D eigenvalue weighted by Crippen LogP contribution is -2.51. The highest BCUT2D eigenvalue weighted by molar-refractivity contribution is 14.0. The molecule has 2 aliphatic heterocycles. The van der Waals surface area contributed by atoms with Crippen molar-refractivity contribution < 1.29 is 14.3 Å². The second-order valence-electron chi connectivity index (χ2n) is 5.78. The first-order valence-corrected chi connectivity index (χ1v) is 7.38. The van der Waals surface area contributed by atoms with E-state index < -0.39 is 0 Å². The van der Waals surface area contributed by atoms with Gasteiger partial charge in [0.2, 0.25) is 5.91 Å². The number of hydrogen-bond donors (Lipinski definition) is 2. The monoisotopic (exact) mass is 424 g/mol. The second-order valence-corrected chi connectivity index (χ2v) is 5.78. The lowest BCUT2D eigenvalue weighted by Gasteiger charge is -2.40. The van der Waals surface area contributed by atoms with Gasteiger partial charge in [0.25, 0.3) is 0 Å². The molecule has 2 rings (SSSR count). The molecule has 0 aromatic rings. The standard InChI is InChI=1S/C14H24N4O3.HI/c1-15-13(16-6-4-12(20)21-2)18-7-3-5-14(10-18)8-11(19)17-9-14;/h3-10H2,1-2H3,(H,15,16)(H,17,19);1H. The van der Waals surface area contributed by atoms with Gasteiger partial charge in [-0.1, -0.05) is 0 Å². The van der Waals surface area contributed by atoms with Crippen LogP contribution in [0.15, 0.2) is 4.99 Å². The van der Waals surface area contributed by atoms with Crippen molar-refractivity contribution in [2.45, 2.75) is 25.7 Å². The summed E-state index contributed by atoms with van der Waals surface area (Å²) in [6.45, 7) is 3.00. The number of nitrogens with one attached hydrogen (secondary N) is 2. The minimum atomic E-state index is -0.237. The Kier molecular flexibility index (Phi) is 7.37. The van der Waals surface area contributed by atoms with Crippen LogP contribution < -0.4 is 10.6 Å². The average Bonchev–Trinajstić information content (AvgIpc) is 2.83. The third-order valence-electron chi connectivity index (χ3n) is 4.21. The van der Waals surface area contributed by atoms with Gasteiger partial charge in [0.15, 0.2) is 5.96 Å². The van der Waals surface area contributed by atoms with Crippen LogP contribution in [0.1, 0.15) is 25.7 Å². The van der Waals surface area contributed by atoms with Crippen LogP contribution in [0.3, 0.4) is 0 Å². The van der Waals surface area contributed by atoms with Gasteiger partial charge in [0.1, 0.15) is 0 Å². The fourth-order valence-electron chi connectivity index (χ4n) is 3.14. The number of piperidine rings is 1. The summed E-state index contributed by atoms with van der Waals surface area (Å²) in [7, 11) is 3.12. The minimum absolute atomic E-state index is 0. The highest BCUT2D eigenvalue weighted by atomic mass is 127. The first-order valence-electron chi connectivity index (χ1n) is 7.38. The molecule has 2 saturated heterocycles. The molecule has 7 nitrogen and oxygen atoms in total. The number of hydrogen-bond acceptors (Lipinski definition) is 4. The maximum absolute atomic E-state index is 11.5. The number of rotatable bonds is 3. The summed E-state index contributed by atoms with van der Waals surface area (Å²) in [5.41, 5.74) is 0.0370. The number of halogens is 1. The van der Waals surface area contributed by atoms with E-state index in [0.29, 0.717) is 19.4 Å². The zero-order valence-corrected chi connectivity index (χ0v) is 15.5. The molecule has 2 heterocycles. The van der Waals surface area contributed by atoms with Gasteiger partial charge in [-0.2, -0.15) is 0 Å². The summed E-state index contributed by atoms with van der Waals surface area (Å²) < 4.78 is 4.62. The van der Waals surface area contributed by atoms with Crippen molar-refractivity contribution in [2.24, 2.45) is 10.4 Å². The topological polar surface area (TPSA) is 83.0 Å². The Labute approximate surface area is 148 Å². The lowest BCUT2D eigenvalue weighted by atomic mass is 9.79. The van der Waals surface area contributed by atoms with Gasteiger partial charge in [-0.15, -0.1) is 24.0 Å². The van der Waals surface area contributed by atoms with Crippen molar-refractivity contribution in [3.63, 3.8) is 0 Å². The molecule has 0 saturated carbocycles.